The molecule has 2 rings (SSSR count). The van der Waals surface area contributed by atoms with Crippen LogP contribution in [-0.4, -0.2) is 0 Å². The highest BCUT2D eigenvalue weighted by molar-refractivity contribution is 9.10. The van der Waals surface area contributed by atoms with Crippen molar-refractivity contribution in [3.63, 3.8) is 0 Å². The Balaban J connectivity index is 2.19. The molecule has 0 unspecified atom stereocenters. The van der Waals surface area contributed by atoms with Crippen LogP contribution in [0.15, 0.2) is 46.9 Å². The second kappa shape index (κ2) is 5.89. The highest BCUT2D eigenvalue weighted by atomic mass is 79.9. The van der Waals surface area contributed by atoms with Gasteiger partial charge in [-0.1, -0.05) is 55.6 Å². The minimum Gasteiger partial charge on any atom is -0.456 e. The molecule has 17 heavy (non-hydrogen) atoms. The van der Waals surface area contributed by atoms with Gasteiger partial charge in [0.2, 0.25) is 0 Å². The molecule has 0 saturated carbocycles. The molecule has 2 aromatic carbocycles. The Morgan fingerprint density at radius 2 is 1.76 bits per heavy atom. The van der Waals surface area contributed by atoms with Gasteiger partial charge in [-0.2, -0.15) is 0 Å². The summed E-state index contributed by atoms with van der Waals surface area (Å²) in [6.07, 6.45) is 0. The third-order valence-corrected chi connectivity index (χ3v) is 3.64. The molecule has 0 aromatic heterocycles. The van der Waals surface area contributed by atoms with E-state index in [-0.39, 0.29) is 0 Å². The lowest BCUT2D eigenvalue weighted by Gasteiger charge is -2.08. The van der Waals surface area contributed by atoms with Gasteiger partial charge < -0.3 is 4.74 Å². The quantitative estimate of drug-likeness (QED) is 0.616. The molecule has 88 valence electrons. The molecule has 2 aromatic rings. The third-order valence-electron chi connectivity index (χ3n) is 2.20. The zero-order valence-electron chi connectivity index (χ0n) is 8.79. The summed E-state index contributed by atoms with van der Waals surface area (Å²) in [4.78, 5) is 0. The van der Waals surface area contributed by atoms with E-state index >= 15 is 0 Å². The van der Waals surface area contributed by atoms with Gasteiger partial charge in [-0.25, -0.2) is 0 Å². The largest absolute Gasteiger partial charge is 0.456 e. The molecule has 0 radical (unpaired) electrons. The second-order valence-electron chi connectivity index (χ2n) is 3.45. The number of alkyl halides is 1. The summed E-state index contributed by atoms with van der Waals surface area (Å²) in [6.45, 7) is 0. The van der Waals surface area contributed by atoms with Crippen LogP contribution in [0.2, 0.25) is 5.02 Å². The Morgan fingerprint density at radius 3 is 2.35 bits per heavy atom. The van der Waals surface area contributed by atoms with Gasteiger partial charge in [0.1, 0.15) is 11.5 Å². The van der Waals surface area contributed by atoms with Crippen LogP contribution >= 0.6 is 43.5 Å². The molecule has 0 N–H and O–H groups in total. The average molecular weight is 376 g/mol. The van der Waals surface area contributed by atoms with Crippen molar-refractivity contribution < 1.29 is 4.74 Å². The van der Waals surface area contributed by atoms with Crippen LogP contribution in [-0.2, 0) is 5.33 Å². The topological polar surface area (TPSA) is 9.23 Å². The maximum absolute atomic E-state index is 6.08. The van der Waals surface area contributed by atoms with Gasteiger partial charge in [0, 0.05) is 9.80 Å². The Labute approximate surface area is 122 Å². The Hall–Kier alpha value is -0.510. The Kier molecular flexibility index (Phi) is 4.48. The van der Waals surface area contributed by atoms with E-state index in [2.05, 4.69) is 31.9 Å². The number of halogens is 3. The van der Waals surface area contributed by atoms with Gasteiger partial charge in [-0.3, -0.25) is 0 Å². The highest BCUT2D eigenvalue weighted by Crippen LogP contribution is 2.31. The van der Waals surface area contributed by atoms with E-state index in [1.807, 2.05) is 42.5 Å². The smallest absolute Gasteiger partial charge is 0.146 e. The molecule has 0 saturated heterocycles. The number of benzene rings is 2. The van der Waals surface area contributed by atoms with Crippen LogP contribution in [0.5, 0.6) is 11.5 Å². The molecule has 1 nitrogen and oxygen atoms in total. The Bertz CT molecular complexity index is 511. The van der Waals surface area contributed by atoms with Gasteiger partial charge >= 0.3 is 0 Å². The molecule has 0 heterocycles. The summed E-state index contributed by atoms with van der Waals surface area (Å²) in [5.41, 5.74) is 1.21. The molecule has 0 amide bonds. The van der Waals surface area contributed by atoms with Crippen LogP contribution in [0, 0.1) is 0 Å². The molecule has 0 bridgehead atoms. The summed E-state index contributed by atoms with van der Waals surface area (Å²) >= 11 is 12.8. The SMILES string of the molecule is Clc1cc(Br)ccc1Oc1ccc(CBr)cc1. The standard InChI is InChI=1S/C13H9Br2ClO/c14-8-9-1-4-11(5-2-9)17-13-6-3-10(15)7-12(13)16/h1-7H,8H2. The van der Waals surface area contributed by atoms with Crippen molar-refractivity contribution in [3.8, 4) is 11.5 Å². The molecule has 0 aliphatic heterocycles. The minimum absolute atomic E-state index is 0.587. The first kappa shape index (κ1) is 12.9. The first-order valence-corrected chi connectivity index (χ1v) is 7.26. The third kappa shape index (κ3) is 3.47. The van der Waals surface area contributed by atoms with Crippen LogP contribution in [0.3, 0.4) is 0 Å². The van der Waals surface area contributed by atoms with Gasteiger partial charge in [0.25, 0.3) is 0 Å². The van der Waals surface area contributed by atoms with E-state index < -0.39 is 0 Å². The number of hydrogen-bond acceptors (Lipinski definition) is 1. The van der Waals surface area contributed by atoms with E-state index in [1.165, 1.54) is 5.56 Å². The van der Waals surface area contributed by atoms with Crippen molar-refractivity contribution in [2.45, 2.75) is 5.33 Å². The van der Waals surface area contributed by atoms with Crippen molar-refractivity contribution in [3.05, 3.63) is 57.5 Å². The molecule has 0 aliphatic carbocycles. The van der Waals surface area contributed by atoms with E-state index in [9.17, 15) is 0 Å². The van der Waals surface area contributed by atoms with Gasteiger partial charge in [0.15, 0.2) is 0 Å². The number of hydrogen-bond donors (Lipinski definition) is 0. The molecule has 4 heteroatoms. The zero-order chi connectivity index (χ0) is 12.3. The predicted molar refractivity (Wildman–Crippen MR) is 78.3 cm³/mol. The van der Waals surface area contributed by atoms with Crippen molar-refractivity contribution in [1.29, 1.82) is 0 Å². The predicted octanol–water partition coefficient (Wildman–Crippen LogP) is 5.79. The molecule has 0 aliphatic rings. The maximum Gasteiger partial charge on any atom is 0.146 e. The fourth-order valence-corrected chi connectivity index (χ4v) is 2.42. The number of rotatable bonds is 3. The highest BCUT2D eigenvalue weighted by Gasteiger charge is 2.03. The average Bonchev–Trinajstić information content (AvgIpc) is 2.34. The first-order chi connectivity index (χ1) is 8.19. The summed E-state index contributed by atoms with van der Waals surface area (Å²) in [7, 11) is 0. The molecular weight excluding hydrogens is 367 g/mol. The fourth-order valence-electron chi connectivity index (χ4n) is 1.33. The van der Waals surface area contributed by atoms with Gasteiger partial charge in [-0.05, 0) is 35.9 Å². The normalized spacial score (nSPS) is 10.3. The van der Waals surface area contributed by atoms with Crippen molar-refractivity contribution in [2.24, 2.45) is 0 Å². The summed E-state index contributed by atoms with van der Waals surface area (Å²) in [5, 5.41) is 1.43. The lowest BCUT2D eigenvalue weighted by atomic mass is 10.2. The summed E-state index contributed by atoms with van der Waals surface area (Å²) < 4.78 is 6.63. The molecule has 0 spiro atoms. The van der Waals surface area contributed by atoms with Gasteiger partial charge in [-0.15, -0.1) is 0 Å². The van der Waals surface area contributed by atoms with Crippen LogP contribution in [0.4, 0.5) is 0 Å². The molecule has 0 atom stereocenters. The summed E-state index contributed by atoms with van der Waals surface area (Å²) in [5.74, 6) is 1.43. The monoisotopic (exact) mass is 374 g/mol. The lowest BCUT2D eigenvalue weighted by molar-refractivity contribution is 0.482. The van der Waals surface area contributed by atoms with Crippen molar-refractivity contribution in [1.82, 2.24) is 0 Å². The molecular formula is C13H9Br2ClO. The second-order valence-corrected chi connectivity index (χ2v) is 5.34. The lowest BCUT2D eigenvalue weighted by Crippen LogP contribution is -1.86. The van der Waals surface area contributed by atoms with Crippen molar-refractivity contribution >= 4 is 43.5 Å². The van der Waals surface area contributed by atoms with E-state index in [4.69, 9.17) is 16.3 Å². The van der Waals surface area contributed by atoms with E-state index in [0.717, 1.165) is 15.6 Å². The van der Waals surface area contributed by atoms with Crippen LogP contribution < -0.4 is 4.74 Å². The van der Waals surface area contributed by atoms with E-state index in [0.29, 0.717) is 10.8 Å². The maximum atomic E-state index is 6.08. The van der Waals surface area contributed by atoms with Crippen LogP contribution in [0.1, 0.15) is 5.56 Å². The van der Waals surface area contributed by atoms with Gasteiger partial charge in [0.05, 0.1) is 5.02 Å². The first-order valence-electron chi connectivity index (χ1n) is 4.97. The number of ether oxygens (including phenoxy) is 1. The van der Waals surface area contributed by atoms with Crippen LogP contribution in [0.25, 0.3) is 0 Å². The van der Waals surface area contributed by atoms with Crippen molar-refractivity contribution in [2.75, 3.05) is 0 Å². The van der Waals surface area contributed by atoms with E-state index in [1.54, 1.807) is 0 Å². The molecule has 0 fully saturated rings. The fraction of sp³-hybridized carbons (Fsp3) is 0.0769. The minimum atomic E-state index is 0.587. The Morgan fingerprint density at radius 1 is 1.06 bits per heavy atom. The zero-order valence-corrected chi connectivity index (χ0v) is 12.7. The summed E-state index contributed by atoms with van der Waals surface area (Å²) in [6, 6.07) is 13.4.